The van der Waals surface area contributed by atoms with Crippen molar-refractivity contribution in [2.75, 3.05) is 4.90 Å². The summed E-state index contributed by atoms with van der Waals surface area (Å²) in [6.45, 7) is 9.61. The average molecular weight is 842 g/mol. The minimum absolute atomic E-state index is 0.154. The third-order valence-corrected chi connectivity index (χ3v) is 16.1. The first kappa shape index (κ1) is 37.6. The maximum Gasteiger partial charge on any atom is 0.0726 e. The fourth-order valence-corrected chi connectivity index (χ4v) is 13.1. The zero-order chi connectivity index (χ0) is 44.1. The lowest BCUT2D eigenvalue weighted by atomic mass is 9.70. The van der Waals surface area contributed by atoms with Crippen LogP contribution in [0.25, 0.3) is 66.4 Å². The van der Waals surface area contributed by atoms with Crippen molar-refractivity contribution < 1.29 is 0 Å². The number of rotatable bonds is 4. The van der Waals surface area contributed by atoms with E-state index in [9.17, 15) is 0 Å². The molecule has 0 fully saturated rings. The van der Waals surface area contributed by atoms with Crippen LogP contribution in [0.4, 0.5) is 17.1 Å². The summed E-state index contributed by atoms with van der Waals surface area (Å²) in [4.78, 5) is 2.59. The molecule has 312 valence electrons. The van der Waals surface area contributed by atoms with E-state index in [2.05, 4.69) is 245 Å². The van der Waals surface area contributed by atoms with E-state index < -0.39 is 5.41 Å². The first-order valence-electron chi connectivity index (χ1n) is 23.5. The fourth-order valence-electron chi connectivity index (χ4n) is 13.1. The van der Waals surface area contributed by atoms with Crippen LogP contribution in [0.5, 0.6) is 0 Å². The molecule has 0 bridgehead atoms. The molecule has 4 aliphatic carbocycles. The van der Waals surface area contributed by atoms with Crippen molar-refractivity contribution in [3.8, 4) is 55.6 Å². The highest BCUT2D eigenvalue weighted by molar-refractivity contribution is 6.05. The molecule has 1 nitrogen and oxygen atoms in total. The van der Waals surface area contributed by atoms with Crippen molar-refractivity contribution in [1.82, 2.24) is 0 Å². The summed E-state index contributed by atoms with van der Waals surface area (Å²) in [5, 5.41) is 2.60. The lowest BCUT2D eigenvalue weighted by Crippen LogP contribution is -2.26. The molecule has 0 amide bonds. The van der Waals surface area contributed by atoms with Crippen LogP contribution in [0.15, 0.2) is 212 Å². The Morgan fingerprint density at radius 2 is 0.833 bits per heavy atom. The van der Waals surface area contributed by atoms with Gasteiger partial charge in [-0.05, 0) is 142 Å². The number of fused-ring (bicyclic) bond motifs is 18. The highest BCUT2D eigenvalue weighted by Gasteiger charge is 2.53. The van der Waals surface area contributed by atoms with Crippen LogP contribution >= 0.6 is 0 Å². The Kier molecular flexibility index (Phi) is 7.51. The van der Waals surface area contributed by atoms with E-state index in [1.165, 1.54) is 122 Å². The summed E-state index contributed by atoms with van der Waals surface area (Å²) >= 11 is 0. The molecule has 0 heterocycles. The van der Waals surface area contributed by atoms with Gasteiger partial charge in [-0.2, -0.15) is 0 Å². The highest BCUT2D eigenvalue weighted by atomic mass is 15.1. The van der Waals surface area contributed by atoms with Gasteiger partial charge in [0, 0.05) is 27.8 Å². The second kappa shape index (κ2) is 13.2. The summed E-state index contributed by atoms with van der Waals surface area (Å²) < 4.78 is 0. The number of hydrogen-bond acceptors (Lipinski definition) is 1. The summed E-state index contributed by atoms with van der Waals surface area (Å²) in [6.07, 6.45) is 0. The molecule has 0 saturated heterocycles. The molecule has 1 atom stereocenters. The largest absolute Gasteiger partial charge is 0.310 e. The van der Waals surface area contributed by atoms with E-state index >= 15 is 0 Å². The van der Waals surface area contributed by atoms with E-state index in [1.54, 1.807) is 0 Å². The molecule has 0 N–H and O–H groups in total. The smallest absolute Gasteiger partial charge is 0.0726 e. The molecule has 10 aromatic carbocycles. The maximum absolute atomic E-state index is 2.59. The topological polar surface area (TPSA) is 3.24 Å². The minimum atomic E-state index is -0.505. The van der Waals surface area contributed by atoms with E-state index in [0.717, 1.165) is 5.69 Å². The molecule has 0 radical (unpaired) electrons. The Labute approximate surface area is 387 Å². The summed E-state index contributed by atoms with van der Waals surface area (Å²) in [5.41, 5.74) is 26.6. The summed E-state index contributed by atoms with van der Waals surface area (Å²) in [5.74, 6) is 0. The molecular formula is C65H47N. The Bertz CT molecular complexity index is 3720. The van der Waals surface area contributed by atoms with Crippen molar-refractivity contribution in [2.24, 2.45) is 0 Å². The van der Waals surface area contributed by atoms with Gasteiger partial charge in [0.1, 0.15) is 0 Å². The third kappa shape index (κ3) is 4.75. The quantitative estimate of drug-likeness (QED) is 0.171. The van der Waals surface area contributed by atoms with E-state index in [0.29, 0.717) is 0 Å². The number of nitrogens with zero attached hydrogens (tertiary/aromatic N) is 1. The SMILES string of the molecule is CC1(C)c2ccccc2-c2ccc(N(c3ccc4c(c3)C(C)(C)c3ccc5ccccc5c3-4)c3cccc4c3-c3ccccc3C43c4ccccc4-c4ccc(-c5ccccc5)cc43)cc21. The molecule has 0 aliphatic heterocycles. The van der Waals surface area contributed by atoms with Gasteiger partial charge in [0.25, 0.3) is 0 Å². The van der Waals surface area contributed by atoms with Crippen molar-refractivity contribution in [2.45, 2.75) is 43.9 Å². The average Bonchev–Trinajstić information content (AvgIpc) is 3.99. The Balaban J connectivity index is 1.05. The first-order chi connectivity index (χ1) is 32.3. The molecule has 0 saturated carbocycles. The van der Waals surface area contributed by atoms with Crippen molar-refractivity contribution in [3.05, 3.63) is 257 Å². The van der Waals surface area contributed by atoms with Gasteiger partial charge >= 0.3 is 0 Å². The van der Waals surface area contributed by atoms with Gasteiger partial charge in [-0.1, -0.05) is 204 Å². The van der Waals surface area contributed by atoms with Crippen LogP contribution in [0.2, 0.25) is 0 Å². The lowest BCUT2D eigenvalue weighted by molar-refractivity contribution is 0.660. The molecule has 1 spiro atoms. The van der Waals surface area contributed by atoms with Gasteiger partial charge in [0.15, 0.2) is 0 Å². The van der Waals surface area contributed by atoms with Gasteiger partial charge in [0.05, 0.1) is 11.1 Å². The first-order valence-corrected chi connectivity index (χ1v) is 23.5. The molecule has 14 rings (SSSR count). The normalized spacial score (nSPS) is 16.8. The zero-order valence-corrected chi connectivity index (χ0v) is 37.7. The van der Waals surface area contributed by atoms with Gasteiger partial charge in [-0.3, -0.25) is 0 Å². The predicted molar refractivity (Wildman–Crippen MR) is 275 cm³/mol. The number of hydrogen-bond donors (Lipinski definition) is 0. The van der Waals surface area contributed by atoms with Gasteiger partial charge in [0.2, 0.25) is 0 Å². The van der Waals surface area contributed by atoms with Crippen molar-refractivity contribution in [3.63, 3.8) is 0 Å². The van der Waals surface area contributed by atoms with Gasteiger partial charge in [-0.15, -0.1) is 0 Å². The molecule has 66 heavy (non-hydrogen) atoms. The van der Waals surface area contributed by atoms with Crippen LogP contribution < -0.4 is 4.90 Å². The fraction of sp³-hybridized carbons (Fsp3) is 0.108. The zero-order valence-electron chi connectivity index (χ0n) is 37.7. The maximum atomic E-state index is 2.59. The third-order valence-electron chi connectivity index (χ3n) is 16.1. The van der Waals surface area contributed by atoms with Crippen LogP contribution in [0, 0.1) is 0 Å². The lowest BCUT2D eigenvalue weighted by Gasteiger charge is -2.33. The number of anilines is 3. The highest BCUT2D eigenvalue weighted by Crippen LogP contribution is 2.65. The Morgan fingerprint density at radius 1 is 0.303 bits per heavy atom. The van der Waals surface area contributed by atoms with Gasteiger partial charge in [-0.25, -0.2) is 0 Å². The Hall–Kier alpha value is -7.74. The van der Waals surface area contributed by atoms with Crippen LogP contribution in [-0.2, 0) is 16.2 Å². The molecule has 10 aromatic rings. The van der Waals surface area contributed by atoms with Crippen molar-refractivity contribution >= 4 is 27.8 Å². The Morgan fingerprint density at radius 3 is 1.61 bits per heavy atom. The molecule has 4 aliphatic rings. The van der Waals surface area contributed by atoms with E-state index in [4.69, 9.17) is 0 Å². The molecular weight excluding hydrogens is 795 g/mol. The van der Waals surface area contributed by atoms with E-state index in [-0.39, 0.29) is 10.8 Å². The number of benzene rings is 10. The monoisotopic (exact) mass is 841 g/mol. The van der Waals surface area contributed by atoms with E-state index in [1.807, 2.05) is 0 Å². The standard InChI is InChI=1S/C65H47N/c1-63(2)52-24-13-10-21-46(52)48-34-31-43(38-57(48)63)66(44-32-35-51-58(39-44)64(3,4)55-36-30-41-19-8-9-20-45(41)61(51)55)60-28-16-27-56-62(60)50-23-12-15-26-54(50)65(56)53-25-14-11-22-47(53)49-33-29-42(37-59(49)65)40-17-6-5-7-18-40/h5-39H,1-4H3. The van der Waals surface area contributed by atoms with Crippen LogP contribution in [-0.4, -0.2) is 0 Å². The minimum Gasteiger partial charge on any atom is -0.310 e. The van der Waals surface area contributed by atoms with Crippen molar-refractivity contribution in [1.29, 1.82) is 0 Å². The molecule has 1 unspecified atom stereocenters. The van der Waals surface area contributed by atoms with Crippen LogP contribution in [0.3, 0.4) is 0 Å². The summed E-state index contributed by atoms with van der Waals surface area (Å²) in [6, 6.07) is 80.7. The molecule has 1 heteroatoms. The predicted octanol–water partition coefficient (Wildman–Crippen LogP) is 16.9. The van der Waals surface area contributed by atoms with Crippen LogP contribution in [0.1, 0.15) is 72.2 Å². The van der Waals surface area contributed by atoms with Gasteiger partial charge < -0.3 is 4.90 Å². The summed E-state index contributed by atoms with van der Waals surface area (Å²) in [7, 11) is 0. The molecule has 0 aromatic heterocycles. The second-order valence-electron chi connectivity index (χ2n) is 20.0. The second-order valence-corrected chi connectivity index (χ2v) is 20.0.